The van der Waals surface area contributed by atoms with E-state index in [1.807, 2.05) is 6.07 Å². The van der Waals surface area contributed by atoms with E-state index >= 15 is 0 Å². The summed E-state index contributed by atoms with van der Waals surface area (Å²) in [7, 11) is 1.63. The van der Waals surface area contributed by atoms with E-state index in [1.54, 1.807) is 36.0 Å². The molecule has 2 atom stereocenters. The Morgan fingerprint density at radius 3 is 2.68 bits per heavy atom. The molecule has 2 aromatic heterocycles. The van der Waals surface area contributed by atoms with Gasteiger partial charge in [-0.05, 0) is 23.5 Å². The minimum absolute atomic E-state index is 0.0612. The van der Waals surface area contributed by atoms with Crippen LogP contribution < -0.4 is 5.32 Å². The predicted molar refractivity (Wildman–Crippen MR) is 109 cm³/mol. The number of fused-ring (bicyclic) bond motifs is 1. The number of likely N-dealkylation sites (N-methyl/N-ethyl adjacent to an activating group) is 1. The van der Waals surface area contributed by atoms with Gasteiger partial charge in [-0.2, -0.15) is 0 Å². The second-order valence-electron chi connectivity index (χ2n) is 8.39. The summed E-state index contributed by atoms with van der Waals surface area (Å²) in [5, 5.41) is 13.0. The number of rotatable bonds is 8. The Kier molecular flexibility index (Phi) is 7.18. The summed E-state index contributed by atoms with van der Waals surface area (Å²) in [5.74, 6) is -0.00434. The van der Waals surface area contributed by atoms with Gasteiger partial charge in [0.1, 0.15) is 11.3 Å². The number of hydrogen-bond acceptors (Lipinski definition) is 4. The number of aromatic nitrogens is 2. The van der Waals surface area contributed by atoms with Gasteiger partial charge in [0.15, 0.2) is 0 Å². The molecule has 2 N–H and O–H groups in total. The summed E-state index contributed by atoms with van der Waals surface area (Å²) in [4.78, 5) is 30.5. The summed E-state index contributed by atoms with van der Waals surface area (Å²) in [6.45, 7) is 8.71. The van der Waals surface area contributed by atoms with E-state index in [0.29, 0.717) is 17.8 Å². The SMILES string of the molecule is CCC(CC(=O)NCC(O)CN(C)C(=O)c1cccc2nccn12)C(C)(C)C. The van der Waals surface area contributed by atoms with Gasteiger partial charge in [0.2, 0.25) is 5.91 Å². The van der Waals surface area contributed by atoms with E-state index < -0.39 is 6.10 Å². The Morgan fingerprint density at radius 2 is 2.04 bits per heavy atom. The third-order valence-corrected chi connectivity index (χ3v) is 5.16. The summed E-state index contributed by atoms with van der Waals surface area (Å²) in [5.41, 5.74) is 1.23. The summed E-state index contributed by atoms with van der Waals surface area (Å²) < 4.78 is 1.71. The molecule has 2 amide bonds. The standard InChI is InChI=1S/C21H32N4O3/c1-6-15(21(2,3)4)12-19(27)23-13-16(26)14-24(5)20(28)17-8-7-9-18-22-10-11-25(17)18/h7-11,15-16,26H,6,12-14H2,1-5H3,(H,23,27). The van der Waals surface area contributed by atoms with Crippen molar-refractivity contribution >= 4 is 17.5 Å². The van der Waals surface area contributed by atoms with Gasteiger partial charge in [-0.15, -0.1) is 0 Å². The van der Waals surface area contributed by atoms with Gasteiger partial charge >= 0.3 is 0 Å². The number of pyridine rings is 1. The first-order chi connectivity index (χ1) is 13.1. The van der Waals surface area contributed by atoms with Gasteiger partial charge in [-0.25, -0.2) is 4.98 Å². The Bertz CT molecular complexity index is 809. The number of hydrogen-bond donors (Lipinski definition) is 2. The average molecular weight is 389 g/mol. The molecule has 0 spiro atoms. The van der Waals surface area contributed by atoms with E-state index in [9.17, 15) is 14.7 Å². The number of imidazole rings is 1. The Morgan fingerprint density at radius 1 is 1.32 bits per heavy atom. The van der Waals surface area contributed by atoms with Crippen molar-refractivity contribution in [3.05, 3.63) is 36.3 Å². The predicted octanol–water partition coefficient (Wildman–Crippen LogP) is 2.35. The molecule has 2 aromatic rings. The van der Waals surface area contributed by atoms with Crippen molar-refractivity contribution in [2.75, 3.05) is 20.1 Å². The maximum absolute atomic E-state index is 12.7. The monoisotopic (exact) mass is 388 g/mol. The molecule has 0 bridgehead atoms. The first-order valence-corrected chi connectivity index (χ1v) is 9.75. The van der Waals surface area contributed by atoms with E-state index in [4.69, 9.17) is 0 Å². The topological polar surface area (TPSA) is 86.9 Å². The minimum atomic E-state index is -0.838. The van der Waals surface area contributed by atoms with Crippen LogP contribution in [0.1, 0.15) is 51.0 Å². The minimum Gasteiger partial charge on any atom is -0.389 e. The van der Waals surface area contributed by atoms with Gasteiger partial charge in [0.25, 0.3) is 5.91 Å². The van der Waals surface area contributed by atoms with Gasteiger partial charge in [-0.3, -0.25) is 14.0 Å². The van der Waals surface area contributed by atoms with Gasteiger partial charge < -0.3 is 15.3 Å². The summed E-state index contributed by atoms with van der Waals surface area (Å²) in [6, 6.07) is 5.32. The van der Waals surface area contributed by atoms with Crippen molar-refractivity contribution in [3.8, 4) is 0 Å². The van der Waals surface area contributed by atoms with E-state index in [0.717, 1.165) is 6.42 Å². The Hall–Kier alpha value is -2.41. The van der Waals surface area contributed by atoms with Crippen LogP contribution in [0.3, 0.4) is 0 Å². The highest BCUT2D eigenvalue weighted by Gasteiger charge is 2.25. The van der Waals surface area contributed by atoms with Crippen LogP contribution in [0.5, 0.6) is 0 Å². The van der Waals surface area contributed by atoms with E-state index in [1.165, 1.54) is 4.90 Å². The van der Waals surface area contributed by atoms with Crippen molar-refractivity contribution in [3.63, 3.8) is 0 Å². The number of aliphatic hydroxyl groups excluding tert-OH is 1. The first-order valence-electron chi connectivity index (χ1n) is 9.75. The Balaban J connectivity index is 1.87. The lowest BCUT2D eigenvalue weighted by molar-refractivity contribution is -0.123. The zero-order chi connectivity index (χ0) is 20.9. The van der Waals surface area contributed by atoms with Crippen molar-refractivity contribution in [1.82, 2.24) is 19.6 Å². The van der Waals surface area contributed by atoms with Crippen molar-refractivity contribution in [1.29, 1.82) is 0 Å². The third-order valence-electron chi connectivity index (χ3n) is 5.16. The number of carbonyl (C=O) groups excluding carboxylic acids is 2. The second kappa shape index (κ2) is 9.19. The molecular formula is C21H32N4O3. The summed E-state index contributed by atoms with van der Waals surface area (Å²) in [6.07, 6.45) is 3.89. The highest BCUT2D eigenvalue weighted by Crippen LogP contribution is 2.31. The number of nitrogens with one attached hydrogen (secondary N) is 1. The van der Waals surface area contributed by atoms with Crippen LogP contribution >= 0.6 is 0 Å². The molecule has 0 aliphatic heterocycles. The second-order valence-corrected chi connectivity index (χ2v) is 8.39. The fourth-order valence-corrected chi connectivity index (χ4v) is 3.37. The zero-order valence-electron chi connectivity index (χ0n) is 17.5. The van der Waals surface area contributed by atoms with Crippen LogP contribution in [-0.4, -0.2) is 57.4 Å². The fourth-order valence-electron chi connectivity index (χ4n) is 3.37. The highest BCUT2D eigenvalue weighted by atomic mass is 16.3. The highest BCUT2D eigenvalue weighted by molar-refractivity contribution is 5.93. The maximum atomic E-state index is 12.7. The largest absolute Gasteiger partial charge is 0.389 e. The van der Waals surface area contributed by atoms with Gasteiger partial charge in [0.05, 0.1) is 6.10 Å². The first kappa shape index (κ1) is 21.9. The molecule has 0 saturated carbocycles. The smallest absolute Gasteiger partial charge is 0.270 e. The normalized spacial score (nSPS) is 13.9. The number of aliphatic hydroxyl groups is 1. The molecule has 0 aliphatic rings. The molecule has 2 unspecified atom stereocenters. The molecule has 2 heterocycles. The molecule has 0 aliphatic carbocycles. The molecule has 0 aromatic carbocycles. The van der Waals surface area contributed by atoms with Gasteiger partial charge in [-0.1, -0.05) is 40.2 Å². The lowest BCUT2D eigenvalue weighted by Crippen LogP contribution is -2.42. The third kappa shape index (κ3) is 5.55. The van der Waals surface area contributed by atoms with Crippen LogP contribution in [0.4, 0.5) is 0 Å². The molecule has 0 radical (unpaired) electrons. The van der Waals surface area contributed by atoms with E-state index in [2.05, 4.69) is 38.0 Å². The van der Waals surface area contributed by atoms with Crippen molar-refractivity contribution < 1.29 is 14.7 Å². The molecule has 2 rings (SSSR count). The molecular weight excluding hydrogens is 356 g/mol. The lowest BCUT2D eigenvalue weighted by Gasteiger charge is -2.29. The molecule has 7 heteroatoms. The van der Waals surface area contributed by atoms with Crippen molar-refractivity contribution in [2.24, 2.45) is 11.3 Å². The molecule has 0 saturated heterocycles. The van der Waals surface area contributed by atoms with Crippen LogP contribution in [-0.2, 0) is 4.79 Å². The average Bonchev–Trinajstić information content (AvgIpc) is 3.11. The van der Waals surface area contributed by atoms with Crippen LogP contribution in [0.25, 0.3) is 5.65 Å². The molecule has 0 fully saturated rings. The number of nitrogens with zero attached hydrogens (tertiary/aromatic N) is 3. The quantitative estimate of drug-likeness (QED) is 0.727. The fraction of sp³-hybridized carbons (Fsp3) is 0.571. The van der Waals surface area contributed by atoms with Crippen LogP contribution in [0.15, 0.2) is 30.6 Å². The van der Waals surface area contributed by atoms with Crippen molar-refractivity contribution in [2.45, 2.75) is 46.6 Å². The molecule has 7 nitrogen and oxygen atoms in total. The van der Waals surface area contributed by atoms with Crippen LogP contribution in [0, 0.1) is 11.3 Å². The summed E-state index contributed by atoms with van der Waals surface area (Å²) >= 11 is 0. The van der Waals surface area contributed by atoms with E-state index in [-0.39, 0.29) is 36.2 Å². The Labute approximate surface area is 166 Å². The van der Waals surface area contributed by atoms with Crippen LogP contribution in [0.2, 0.25) is 0 Å². The number of carbonyl (C=O) groups is 2. The number of amides is 2. The maximum Gasteiger partial charge on any atom is 0.270 e. The van der Waals surface area contributed by atoms with Gasteiger partial charge in [0, 0.05) is 39.0 Å². The molecule has 154 valence electrons. The molecule has 28 heavy (non-hydrogen) atoms. The lowest BCUT2D eigenvalue weighted by atomic mass is 9.77. The zero-order valence-corrected chi connectivity index (χ0v) is 17.5.